The lowest BCUT2D eigenvalue weighted by Crippen LogP contribution is -2.53. The molecule has 0 radical (unpaired) electrons. The van der Waals surface area contributed by atoms with Gasteiger partial charge in [0.2, 0.25) is 5.91 Å². The Morgan fingerprint density at radius 3 is 2.28 bits per heavy atom. The average molecular weight is 453 g/mol. The van der Waals surface area contributed by atoms with Gasteiger partial charge in [-0.05, 0) is 43.9 Å². The zero-order valence-corrected chi connectivity index (χ0v) is 17.6. The Morgan fingerprint density at radius 1 is 1.22 bits per heavy atom. The molecule has 3 rings (SSSR count). The van der Waals surface area contributed by atoms with E-state index >= 15 is 0 Å². The molecule has 0 saturated heterocycles. The number of nitriles is 1. The van der Waals surface area contributed by atoms with Crippen molar-refractivity contribution in [2.24, 2.45) is 0 Å². The Kier molecular flexibility index (Phi) is 6.33. The van der Waals surface area contributed by atoms with E-state index in [4.69, 9.17) is 10.00 Å². The molecule has 0 bridgehead atoms. The summed E-state index contributed by atoms with van der Waals surface area (Å²) in [6, 6.07) is 3.24. The molecule has 1 aromatic rings. The van der Waals surface area contributed by atoms with Crippen molar-refractivity contribution in [2.45, 2.75) is 62.6 Å². The lowest BCUT2D eigenvalue weighted by molar-refractivity contribution is -0.161. The molecule has 172 valence electrons. The molecule has 1 heterocycles. The van der Waals surface area contributed by atoms with Gasteiger partial charge in [0, 0.05) is 6.42 Å². The minimum Gasteiger partial charge on any atom is -0.458 e. The van der Waals surface area contributed by atoms with Crippen LogP contribution in [0.25, 0.3) is 5.57 Å². The van der Waals surface area contributed by atoms with E-state index < -0.39 is 47.8 Å². The van der Waals surface area contributed by atoms with Crippen molar-refractivity contribution in [1.82, 2.24) is 10.6 Å². The second-order valence-electron chi connectivity index (χ2n) is 8.64. The summed E-state index contributed by atoms with van der Waals surface area (Å²) in [5.41, 5.74) is -2.58. The molecule has 1 amide bonds. The quantitative estimate of drug-likeness (QED) is 0.465. The summed E-state index contributed by atoms with van der Waals surface area (Å²) in [4.78, 5) is 24.3. The highest BCUT2D eigenvalue weighted by molar-refractivity contribution is 6.18. The second-order valence-corrected chi connectivity index (χ2v) is 8.64. The van der Waals surface area contributed by atoms with Crippen LogP contribution in [-0.4, -0.2) is 41.9 Å². The molecule has 2 aliphatic rings. The predicted octanol–water partition coefficient (Wildman–Crippen LogP) is 3.50. The van der Waals surface area contributed by atoms with Crippen LogP contribution in [0.5, 0.6) is 0 Å². The van der Waals surface area contributed by atoms with Crippen molar-refractivity contribution in [2.75, 3.05) is 6.61 Å². The first kappa shape index (κ1) is 23.7. The zero-order chi connectivity index (χ0) is 23.7. The molecule has 1 aromatic carbocycles. The van der Waals surface area contributed by atoms with Crippen molar-refractivity contribution in [3.05, 3.63) is 41.5 Å². The van der Waals surface area contributed by atoms with Crippen LogP contribution in [0.3, 0.4) is 0 Å². The fourth-order valence-electron chi connectivity index (χ4n) is 3.46. The van der Waals surface area contributed by atoms with E-state index in [9.17, 15) is 27.2 Å². The summed E-state index contributed by atoms with van der Waals surface area (Å²) >= 11 is 0. The first-order valence-corrected chi connectivity index (χ1v) is 10.1. The van der Waals surface area contributed by atoms with Gasteiger partial charge < -0.3 is 10.1 Å². The van der Waals surface area contributed by atoms with E-state index in [0.29, 0.717) is 18.4 Å². The lowest BCUT2D eigenvalue weighted by atomic mass is 9.96. The van der Waals surface area contributed by atoms with Crippen LogP contribution in [0.2, 0.25) is 0 Å². The number of carbonyl (C=O) groups excluding carboxylic acids is 2. The molecule has 1 saturated carbocycles. The number of cyclic esters (lactones) is 1. The molecule has 0 unspecified atom stereocenters. The number of amides is 1. The zero-order valence-electron chi connectivity index (χ0n) is 17.6. The maximum absolute atomic E-state index is 14.3. The monoisotopic (exact) mass is 453 g/mol. The van der Waals surface area contributed by atoms with Crippen LogP contribution in [0.4, 0.5) is 17.6 Å². The molecule has 10 heteroatoms. The molecule has 1 fully saturated rings. The summed E-state index contributed by atoms with van der Waals surface area (Å²) in [5.74, 6) is -1.42. The highest BCUT2D eigenvalue weighted by Crippen LogP contribution is 2.37. The van der Waals surface area contributed by atoms with Crippen molar-refractivity contribution >= 4 is 17.4 Å². The molecule has 1 aliphatic carbocycles. The topological polar surface area (TPSA) is 91.2 Å². The van der Waals surface area contributed by atoms with E-state index in [0.717, 1.165) is 13.8 Å². The smallest absolute Gasteiger partial charge is 0.407 e. The normalized spacial score (nSPS) is 19.4. The largest absolute Gasteiger partial charge is 0.458 e. The van der Waals surface area contributed by atoms with Gasteiger partial charge in [0.05, 0.1) is 17.7 Å². The summed E-state index contributed by atoms with van der Waals surface area (Å²) in [7, 11) is 0. The van der Waals surface area contributed by atoms with Crippen LogP contribution in [0.15, 0.2) is 30.3 Å². The first-order chi connectivity index (χ1) is 14.8. The number of ether oxygens (including phenoxy) is 1. The summed E-state index contributed by atoms with van der Waals surface area (Å²) in [6.07, 6.45) is -3.00. The maximum atomic E-state index is 14.3. The third-order valence-corrected chi connectivity index (χ3v) is 5.30. The highest BCUT2D eigenvalue weighted by Gasteiger charge is 2.48. The average Bonchev–Trinajstić information content (AvgIpc) is 3.34. The number of nitrogens with one attached hydrogen (secondary N) is 2. The van der Waals surface area contributed by atoms with Gasteiger partial charge in [-0.1, -0.05) is 24.3 Å². The molecular formula is C22H23F4N3O3. The number of benzene rings is 1. The number of hydrogen-bond donors (Lipinski definition) is 2. The van der Waals surface area contributed by atoms with Gasteiger partial charge in [0.15, 0.2) is 0 Å². The van der Waals surface area contributed by atoms with E-state index in [1.54, 1.807) is 0 Å². The van der Waals surface area contributed by atoms with Gasteiger partial charge in [-0.25, -0.2) is 9.18 Å². The molecule has 0 spiro atoms. The predicted molar refractivity (Wildman–Crippen MR) is 107 cm³/mol. The maximum Gasteiger partial charge on any atom is 0.407 e. The Bertz CT molecular complexity index is 955. The Hall–Kier alpha value is -2.93. The summed E-state index contributed by atoms with van der Waals surface area (Å²) < 4.78 is 60.9. The number of alkyl halides is 4. The van der Waals surface area contributed by atoms with Crippen molar-refractivity contribution in [1.29, 1.82) is 5.26 Å². The molecule has 32 heavy (non-hydrogen) atoms. The summed E-state index contributed by atoms with van der Waals surface area (Å²) in [6.45, 7) is 2.43. The van der Waals surface area contributed by atoms with Crippen LogP contribution >= 0.6 is 0 Å². The van der Waals surface area contributed by atoms with E-state index in [1.165, 1.54) is 30.3 Å². The van der Waals surface area contributed by atoms with Gasteiger partial charge in [0.1, 0.15) is 23.9 Å². The number of carbonyl (C=O) groups is 2. The molecule has 1 aliphatic heterocycles. The second kappa shape index (κ2) is 8.54. The van der Waals surface area contributed by atoms with Crippen molar-refractivity contribution in [3.63, 3.8) is 0 Å². The minimum absolute atomic E-state index is 0.0998. The molecule has 6 nitrogen and oxygen atoms in total. The number of hydrogen-bond acceptors (Lipinski definition) is 5. The third-order valence-electron chi connectivity index (χ3n) is 5.30. The molecule has 2 atom stereocenters. The third kappa shape index (κ3) is 5.65. The minimum atomic E-state index is -4.79. The van der Waals surface area contributed by atoms with E-state index in [1.807, 2.05) is 6.07 Å². The Morgan fingerprint density at radius 2 is 1.84 bits per heavy atom. The summed E-state index contributed by atoms with van der Waals surface area (Å²) in [5, 5.41) is 13.9. The van der Waals surface area contributed by atoms with Gasteiger partial charge in [0.25, 0.3) is 0 Å². The SMILES string of the molecule is CC(C)(F)C[C@H](N[C@@H](c1ccc(C2=CCOC2=O)cc1)C(F)(F)F)C(=O)NC1(C#N)CC1. The van der Waals surface area contributed by atoms with Gasteiger partial charge in [-0.15, -0.1) is 0 Å². The Balaban J connectivity index is 1.85. The molecule has 0 aromatic heterocycles. The number of halogens is 4. The number of esters is 1. The lowest BCUT2D eigenvalue weighted by Gasteiger charge is -2.30. The van der Waals surface area contributed by atoms with Crippen LogP contribution in [-0.2, 0) is 14.3 Å². The van der Waals surface area contributed by atoms with E-state index in [2.05, 4.69) is 10.6 Å². The fourth-order valence-corrected chi connectivity index (χ4v) is 3.46. The Labute approximate surface area is 182 Å². The van der Waals surface area contributed by atoms with E-state index in [-0.39, 0.29) is 17.7 Å². The van der Waals surface area contributed by atoms with Crippen molar-refractivity contribution in [3.8, 4) is 6.07 Å². The number of nitrogens with zero attached hydrogens (tertiary/aromatic N) is 1. The van der Waals surface area contributed by atoms with Gasteiger partial charge in [-0.3, -0.25) is 10.1 Å². The first-order valence-electron chi connectivity index (χ1n) is 10.1. The standard InChI is InChI=1S/C22H23F4N3O3/c1-20(2,23)11-16(18(30)29-21(12-27)8-9-21)28-17(22(24,25)26)14-5-3-13(4-6-14)15-7-10-32-19(15)31/h3-7,16-17,28H,8-11H2,1-2H3,(H,29,30)/t16-,17-/m0/s1. The molecular weight excluding hydrogens is 430 g/mol. The van der Waals surface area contributed by atoms with Gasteiger partial charge >= 0.3 is 12.1 Å². The highest BCUT2D eigenvalue weighted by atomic mass is 19.4. The van der Waals surface area contributed by atoms with Crippen LogP contribution < -0.4 is 10.6 Å². The number of rotatable bonds is 8. The molecule has 2 N–H and O–H groups in total. The van der Waals surface area contributed by atoms with Crippen molar-refractivity contribution < 1.29 is 31.9 Å². The van der Waals surface area contributed by atoms with Crippen LogP contribution in [0.1, 0.15) is 50.3 Å². The van der Waals surface area contributed by atoms with Crippen LogP contribution in [0, 0.1) is 11.3 Å². The van der Waals surface area contributed by atoms with Gasteiger partial charge in [-0.2, -0.15) is 18.4 Å². The fraction of sp³-hybridized carbons (Fsp3) is 0.500.